The lowest BCUT2D eigenvalue weighted by Crippen LogP contribution is -2.53. The van der Waals surface area contributed by atoms with Crippen molar-refractivity contribution in [1.82, 2.24) is 10.2 Å². The molecule has 1 saturated carbocycles. The van der Waals surface area contributed by atoms with Gasteiger partial charge in [0.05, 0.1) is 0 Å². The second-order valence-corrected chi connectivity index (χ2v) is 9.39. The lowest BCUT2D eigenvalue weighted by atomic mass is 9.72. The summed E-state index contributed by atoms with van der Waals surface area (Å²) >= 11 is 0. The third-order valence-corrected chi connectivity index (χ3v) is 5.89. The zero-order valence-electron chi connectivity index (χ0n) is 17.4. The van der Waals surface area contributed by atoms with E-state index in [4.69, 9.17) is 4.74 Å². The fourth-order valence-corrected chi connectivity index (χ4v) is 4.62. The molecule has 5 nitrogen and oxygen atoms in total. The number of nitrogens with one attached hydrogen (secondary N) is 1. The van der Waals surface area contributed by atoms with Crippen LogP contribution in [-0.2, 0) is 16.1 Å². The van der Waals surface area contributed by atoms with Gasteiger partial charge in [-0.3, -0.25) is 4.79 Å². The first-order chi connectivity index (χ1) is 13.3. The lowest BCUT2D eigenvalue weighted by Gasteiger charge is -2.45. The van der Waals surface area contributed by atoms with Crippen molar-refractivity contribution in [3.8, 4) is 0 Å². The van der Waals surface area contributed by atoms with Gasteiger partial charge in [-0.25, -0.2) is 4.79 Å². The molecule has 154 valence electrons. The van der Waals surface area contributed by atoms with Crippen LogP contribution >= 0.6 is 0 Å². The van der Waals surface area contributed by atoms with E-state index < -0.39 is 0 Å². The van der Waals surface area contributed by atoms with Crippen LogP contribution in [0, 0.1) is 11.8 Å². The van der Waals surface area contributed by atoms with Gasteiger partial charge in [0, 0.05) is 24.5 Å². The maximum absolute atomic E-state index is 12.9. The van der Waals surface area contributed by atoms with Crippen LogP contribution in [0.4, 0.5) is 4.79 Å². The summed E-state index contributed by atoms with van der Waals surface area (Å²) in [5, 5.41) is 3.04. The number of fused-ring (bicyclic) bond motifs is 1. The molecule has 0 aromatic heterocycles. The number of benzene rings is 1. The van der Waals surface area contributed by atoms with E-state index in [-0.39, 0.29) is 30.2 Å². The number of carbonyl (C=O) groups is 2. The molecule has 1 aliphatic heterocycles. The van der Waals surface area contributed by atoms with E-state index in [0.29, 0.717) is 24.8 Å². The molecule has 1 saturated heterocycles. The van der Waals surface area contributed by atoms with Crippen molar-refractivity contribution < 1.29 is 14.3 Å². The summed E-state index contributed by atoms with van der Waals surface area (Å²) in [7, 11) is 0. The van der Waals surface area contributed by atoms with Crippen molar-refractivity contribution in [3.05, 3.63) is 35.9 Å². The Morgan fingerprint density at radius 3 is 2.46 bits per heavy atom. The lowest BCUT2D eigenvalue weighted by molar-refractivity contribution is -0.124. The number of amides is 2. The maximum Gasteiger partial charge on any atom is 0.410 e. The highest BCUT2D eigenvalue weighted by molar-refractivity contribution is 5.78. The largest absolute Gasteiger partial charge is 0.445 e. The molecule has 3 rings (SSSR count). The topological polar surface area (TPSA) is 58.6 Å². The van der Waals surface area contributed by atoms with E-state index in [1.165, 1.54) is 25.7 Å². The molecule has 1 heterocycles. The standard InChI is InChI=1S/C23H34N2O3/c1-23(2,3)24-21(26)14-20-13-18-11-7-8-12-19(18)15-25(20)22(27)28-16-17-9-5-4-6-10-17/h4-6,9-10,18-20H,7-8,11-16H2,1-3H3,(H,24,26)/t18-,19+,20-/m0/s1. The number of hydrogen-bond donors (Lipinski definition) is 1. The number of ether oxygens (including phenoxy) is 1. The van der Waals surface area contributed by atoms with E-state index in [1.807, 2.05) is 56.0 Å². The molecule has 2 amide bonds. The molecule has 1 aliphatic carbocycles. The van der Waals surface area contributed by atoms with Gasteiger partial charge in [-0.05, 0) is 51.0 Å². The van der Waals surface area contributed by atoms with E-state index in [9.17, 15) is 9.59 Å². The van der Waals surface area contributed by atoms with Crippen molar-refractivity contribution in [1.29, 1.82) is 0 Å². The SMILES string of the molecule is CC(C)(C)NC(=O)C[C@@H]1C[C@@H]2CCCC[C@@H]2CN1C(=O)OCc1ccccc1. The molecule has 0 bridgehead atoms. The normalized spacial score (nSPS) is 25.0. The molecule has 1 aromatic carbocycles. The Morgan fingerprint density at radius 2 is 1.79 bits per heavy atom. The molecule has 3 atom stereocenters. The monoisotopic (exact) mass is 386 g/mol. The minimum Gasteiger partial charge on any atom is -0.445 e. The zero-order valence-corrected chi connectivity index (χ0v) is 17.4. The van der Waals surface area contributed by atoms with Gasteiger partial charge in [-0.1, -0.05) is 49.6 Å². The van der Waals surface area contributed by atoms with E-state index in [1.54, 1.807) is 0 Å². The highest BCUT2D eigenvalue weighted by Gasteiger charge is 2.40. The van der Waals surface area contributed by atoms with Crippen LogP contribution < -0.4 is 5.32 Å². The molecular formula is C23H34N2O3. The van der Waals surface area contributed by atoms with Gasteiger partial charge < -0.3 is 15.0 Å². The van der Waals surface area contributed by atoms with Gasteiger partial charge in [0.1, 0.15) is 6.61 Å². The van der Waals surface area contributed by atoms with Crippen molar-refractivity contribution >= 4 is 12.0 Å². The average molecular weight is 387 g/mol. The molecule has 1 aromatic rings. The number of piperidine rings is 1. The quantitative estimate of drug-likeness (QED) is 0.828. The second kappa shape index (κ2) is 8.97. The van der Waals surface area contributed by atoms with Crippen molar-refractivity contribution in [3.63, 3.8) is 0 Å². The van der Waals surface area contributed by atoms with Crippen LogP contribution in [0.5, 0.6) is 0 Å². The van der Waals surface area contributed by atoms with Crippen LogP contribution in [0.1, 0.15) is 64.9 Å². The van der Waals surface area contributed by atoms with Gasteiger partial charge in [0.2, 0.25) is 5.91 Å². The van der Waals surface area contributed by atoms with Crippen LogP contribution in [0.3, 0.4) is 0 Å². The Hall–Kier alpha value is -2.04. The van der Waals surface area contributed by atoms with Gasteiger partial charge in [-0.2, -0.15) is 0 Å². The molecule has 28 heavy (non-hydrogen) atoms. The minimum absolute atomic E-state index is 0.00705. The van der Waals surface area contributed by atoms with Crippen molar-refractivity contribution in [2.45, 2.75) is 77.5 Å². The third-order valence-electron chi connectivity index (χ3n) is 5.89. The molecule has 2 aliphatic rings. The Kier molecular flexibility index (Phi) is 6.63. The summed E-state index contributed by atoms with van der Waals surface area (Å²) < 4.78 is 5.62. The zero-order chi connectivity index (χ0) is 20.1. The maximum atomic E-state index is 12.9. The molecular weight excluding hydrogens is 352 g/mol. The first kappa shape index (κ1) is 20.7. The summed E-state index contributed by atoms with van der Waals surface area (Å²) in [6, 6.07) is 9.66. The molecule has 0 spiro atoms. The van der Waals surface area contributed by atoms with Crippen LogP contribution in [0.25, 0.3) is 0 Å². The Balaban J connectivity index is 1.66. The summed E-state index contributed by atoms with van der Waals surface area (Å²) in [4.78, 5) is 27.3. The third kappa shape index (κ3) is 5.73. The van der Waals surface area contributed by atoms with Crippen LogP contribution in [0.2, 0.25) is 0 Å². The summed E-state index contributed by atoms with van der Waals surface area (Å²) in [5.74, 6) is 1.17. The Bertz CT molecular complexity index is 668. The first-order valence-electron chi connectivity index (χ1n) is 10.6. The summed E-state index contributed by atoms with van der Waals surface area (Å²) in [6.45, 7) is 6.93. The highest BCUT2D eigenvalue weighted by atomic mass is 16.6. The molecule has 0 unspecified atom stereocenters. The molecule has 5 heteroatoms. The fraction of sp³-hybridized carbons (Fsp3) is 0.652. The van der Waals surface area contributed by atoms with E-state index in [0.717, 1.165) is 12.0 Å². The number of nitrogens with zero attached hydrogens (tertiary/aromatic N) is 1. The smallest absolute Gasteiger partial charge is 0.410 e. The predicted molar refractivity (Wildman–Crippen MR) is 110 cm³/mol. The van der Waals surface area contributed by atoms with Gasteiger partial charge in [0.25, 0.3) is 0 Å². The van der Waals surface area contributed by atoms with Crippen LogP contribution in [-0.4, -0.2) is 35.0 Å². The number of hydrogen-bond acceptors (Lipinski definition) is 3. The van der Waals surface area contributed by atoms with Gasteiger partial charge in [-0.15, -0.1) is 0 Å². The summed E-state index contributed by atoms with van der Waals surface area (Å²) in [5.41, 5.74) is 0.711. The number of carbonyl (C=O) groups excluding carboxylic acids is 2. The second-order valence-electron chi connectivity index (χ2n) is 9.39. The van der Waals surface area contributed by atoms with Crippen molar-refractivity contribution in [2.24, 2.45) is 11.8 Å². The van der Waals surface area contributed by atoms with Gasteiger partial charge in [0.15, 0.2) is 0 Å². The Morgan fingerprint density at radius 1 is 1.11 bits per heavy atom. The van der Waals surface area contributed by atoms with Crippen molar-refractivity contribution in [2.75, 3.05) is 6.54 Å². The van der Waals surface area contributed by atoms with E-state index in [2.05, 4.69) is 5.32 Å². The highest BCUT2D eigenvalue weighted by Crippen LogP contribution is 2.39. The van der Waals surface area contributed by atoms with Crippen LogP contribution in [0.15, 0.2) is 30.3 Å². The molecule has 2 fully saturated rings. The fourth-order valence-electron chi connectivity index (χ4n) is 4.62. The first-order valence-corrected chi connectivity index (χ1v) is 10.6. The van der Waals surface area contributed by atoms with E-state index >= 15 is 0 Å². The average Bonchev–Trinajstić information content (AvgIpc) is 2.65. The minimum atomic E-state index is -0.290. The molecule has 1 N–H and O–H groups in total. The number of likely N-dealkylation sites (tertiary alicyclic amines) is 1. The molecule has 0 radical (unpaired) electrons. The Labute approximate surface area is 168 Å². The summed E-state index contributed by atoms with van der Waals surface area (Å²) in [6.07, 6.45) is 5.86. The number of rotatable bonds is 4. The predicted octanol–water partition coefficient (Wildman–Crippen LogP) is 4.51. The van der Waals surface area contributed by atoms with Gasteiger partial charge >= 0.3 is 6.09 Å².